The van der Waals surface area contributed by atoms with E-state index in [0.717, 1.165) is 19.3 Å². The highest BCUT2D eigenvalue weighted by molar-refractivity contribution is 5.85. The zero-order valence-corrected chi connectivity index (χ0v) is 10.6. The van der Waals surface area contributed by atoms with Gasteiger partial charge in [-0.25, -0.2) is 0 Å². The number of rotatable bonds is 1. The largest absolute Gasteiger partial charge is 0.358 e. The summed E-state index contributed by atoms with van der Waals surface area (Å²) >= 11 is 0. The van der Waals surface area contributed by atoms with Crippen LogP contribution in [0.25, 0.3) is 10.9 Å². The van der Waals surface area contributed by atoms with Gasteiger partial charge in [-0.2, -0.15) is 0 Å². The van der Waals surface area contributed by atoms with E-state index in [2.05, 4.69) is 37.0 Å². The molecule has 0 bridgehead atoms. The molecule has 2 nitrogen and oxygen atoms in total. The maximum absolute atomic E-state index is 6.03. The third-order valence-corrected chi connectivity index (χ3v) is 3.92. The van der Waals surface area contributed by atoms with Crippen molar-refractivity contribution in [2.45, 2.75) is 45.1 Å². The normalized spacial score (nSPS) is 19.9. The van der Waals surface area contributed by atoms with Crippen LogP contribution in [0.2, 0.25) is 0 Å². The Morgan fingerprint density at radius 1 is 1.35 bits per heavy atom. The third kappa shape index (κ3) is 1.77. The quantitative estimate of drug-likeness (QED) is 0.773. The summed E-state index contributed by atoms with van der Waals surface area (Å²) in [5.74, 6) is 0.593. The standard InChI is InChI=1S/C15H20N2/c1-9(2)10-3-6-14-13(7-10)12-5-4-11(16)8-15(12)17-14/h3,6-7,9,11,17H,4-5,8,16H2,1-2H3. The molecule has 0 spiro atoms. The van der Waals surface area contributed by atoms with E-state index in [1.54, 1.807) is 0 Å². The van der Waals surface area contributed by atoms with Gasteiger partial charge in [-0.05, 0) is 42.0 Å². The number of hydrogen-bond acceptors (Lipinski definition) is 1. The molecule has 0 saturated heterocycles. The summed E-state index contributed by atoms with van der Waals surface area (Å²) in [5.41, 5.74) is 11.6. The molecule has 1 aromatic heterocycles. The molecule has 0 radical (unpaired) electrons. The van der Waals surface area contributed by atoms with Crippen LogP contribution in [0, 0.1) is 0 Å². The highest BCUT2D eigenvalue weighted by atomic mass is 14.8. The Bertz CT molecular complexity index is 551. The fraction of sp³-hybridized carbons (Fsp3) is 0.467. The Balaban J connectivity index is 2.16. The molecule has 0 amide bonds. The SMILES string of the molecule is CC(C)c1ccc2[nH]c3c(c2c1)CCC(N)C3. The van der Waals surface area contributed by atoms with Gasteiger partial charge in [0.05, 0.1) is 0 Å². The first-order valence-corrected chi connectivity index (χ1v) is 6.54. The summed E-state index contributed by atoms with van der Waals surface area (Å²) in [6.07, 6.45) is 3.24. The predicted octanol–water partition coefficient (Wildman–Crippen LogP) is 3.11. The molecule has 17 heavy (non-hydrogen) atoms. The second kappa shape index (κ2) is 3.88. The van der Waals surface area contributed by atoms with Crippen molar-refractivity contribution in [3.8, 4) is 0 Å². The van der Waals surface area contributed by atoms with Crippen LogP contribution in [0.5, 0.6) is 0 Å². The first-order chi connectivity index (χ1) is 8.15. The van der Waals surface area contributed by atoms with Crippen LogP contribution in [0.15, 0.2) is 18.2 Å². The van der Waals surface area contributed by atoms with E-state index >= 15 is 0 Å². The average Bonchev–Trinajstić information content (AvgIpc) is 2.64. The Labute approximate surface area is 102 Å². The molecular weight excluding hydrogens is 208 g/mol. The van der Waals surface area contributed by atoms with Crippen molar-refractivity contribution < 1.29 is 0 Å². The van der Waals surface area contributed by atoms with Crippen LogP contribution >= 0.6 is 0 Å². The Morgan fingerprint density at radius 2 is 2.18 bits per heavy atom. The first kappa shape index (κ1) is 10.8. The van der Waals surface area contributed by atoms with Gasteiger partial charge in [0.1, 0.15) is 0 Å². The molecule has 1 aliphatic carbocycles. The Hall–Kier alpha value is -1.28. The first-order valence-electron chi connectivity index (χ1n) is 6.54. The Morgan fingerprint density at radius 3 is 2.94 bits per heavy atom. The van der Waals surface area contributed by atoms with E-state index in [-0.39, 0.29) is 0 Å². The minimum Gasteiger partial charge on any atom is -0.358 e. The smallest absolute Gasteiger partial charge is 0.0459 e. The van der Waals surface area contributed by atoms with Crippen molar-refractivity contribution in [1.82, 2.24) is 4.98 Å². The zero-order chi connectivity index (χ0) is 12.0. The number of H-pyrrole nitrogens is 1. The van der Waals surface area contributed by atoms with E-state index in [1.165, 1.54) is 27.7 Å². The van der Waals surface area contributed by atoms with Crippen LogP contribution in [-0.4, -0.2) is 11.0 Å². The van der Waals surface area contributed by atoms with Crippen LogP contribution in [0.3, 0.4) is 0 Å². The lowest BCUT2D eigenvalue weighted by Crippen LogP contribution is -2.27. The van der Waals surface area contributed by atoms with Gasteiger partial charge in [-0.1, -0.05) is 19.9 Å². The second-order valence-corrected chi connectivity index (χ2v) is 5.54. The lowest BCUT2D eigenvalue weighted by Gasteiger charge is -2.18. The minimum absolute atomic E-state index is 0.333. The van der Waals surface area contributed by atoms with Gasteiger partial charge in [0, 0.05) is 29.1 Å². The fourth-order valence-corrected chi connectivity index (χ4v) is 2.83. The topological polar surface area (TPSA) is 41.8 Å². The number of nitrogens with two attached hydrogens (primary N) is 1. The molecule has 2 aromatic rings. The predicted molar refractivity (Wildman–Crippen MR) is 72.4 cm³/mol. The second-order valence-electron chi connectivity index (χ2n) is 5.54. The summed E-state index contributed by atoms with van der Waals surface area (Å²) in [6.45, 7) is 4.49. The average molecular weight is 228 g/mol. The number of nitrogens with one attached hydrogen (secondary N) is 1. The van der Waals surface area contributed by atoms with E-state index in [1.807, 2.05) is 0 Å². The number of aryl methyl sites for hydroxylation is 1. The summed E-state index contributed by atoms with van der Waals surface area (Å²) in [5, 5.41) is 1.41. The Kier molecular flexibility index (Phi) is 2.48. The monoisotopic (exact) mass is 228 g/mol. The zero-order valence-electron chi connectivity index (χ0n) is 10.6. The van der Waals surface area contributed by atoms with Gasteiger partial charge in [0.25, 0.3) is 0 Å². The molecule has 3 rings (SSSR count). The van der Waals surface area contributed by atoms with Crippen molar-refractivity contribution >= 4 is 10.9 Å². The van der Waals surface area contributed by atoms with Crippen molar-refractivity contribution in [3.05, 3.63) is 35.0 Å². The highest BCUT2D eigenvalue weighted by Crippen LogP contribution is 2.30. The maximum Gasteiger partial charge on any atom is 0.0459 e. The number of hydrogen-bond donors (Lipinski definition) is 2. The van der Waals surface area contributed by atoms with Crippen LogP contribution in [0.1, 0.15) is 43.0 Å². The van der Waals surface area contributed by atoms with Gasteiger partial charge in [0.15, 0.2) is 0 Å². The van der Waals surface area contributed by atoms with Gasteiger partial charge in [-0.3, -0.25) is 0 Å². The molecular formula is C15H20N2. The molecule has 2 heteroatoms. The summed E-state index contributed by atoms with van der Waals surface area (Å²) in [6, 6.07) is 7.13. The fourth-order valence-electron chi connectivity index (χ4n) is 2.83. The molecule has 1 aromatic carbocycles. The van der Waals surface area contributed by atoms with Gasteiger partial charge in [0.2, 0.25) is 0 Å². The molecule has 1 aliphatic rings. The number of aromatic amines is 1. The van der Waals surface area contributed by atoms with Crippen LogP contribution < -0.4 is 5.73 Å². The van der Waals surface area contributed by atoms with Crippen molar-refractivity contribution in [2.75, 3.05) is 0 Å². The summed E-state index contributed by atoms with van der Waals surface area (Å²) < 4.78 is 0. The van der Waals surface area contributed by atoms with Crippen molar-refractivity contribution in [2.24, 2.45) is 5.73 Å². The molecule has 1 heterocycles. The van der Waals surface area contributed by atoms with Gasteiger partial charge in [-0.15, -0.1) is 0 Å². The van der Waals surface area contributed by atoms with E-state index < -0.39 is 0 Å². The lowest BCUT2D eigenvalue weighted by molar-refractivity contribution is 0.572. The van der Waals surface area contributed by atoms with Gasteiger partial charge >= 0.3 is 0 Å². The van der Waals surface area contributed by atoms with Crippen molar-refractivity contribution in [3.63, 3.8) is 0 Å². The van der Waals surface area contributed by atoms with Crippen LogP contribution in [0.4, 0.5) is 0 Å². The summed E-state index contributed by atoms with van der Waals surface area (Å²) in [4.78, 5) is 3.53. The maximum atomic E-state index is 6.03. The molecule has 3 N–H and O–H groups in total. The lowest BCUT2D eigenvalue weighted by atomic mass is 9.91. The summed E-state index contributed by atoms with van der Waals surface area (Å²) in [7, 11) is 0. The molecule has 1 atom stereocenters. The van der Waals surface area contributed by atoms with Crippen molar-refractivity contribution in [1.29, 1.82) is 0 Å². The number of fused-ring (bicyclic) bond motifs is 3. The van der Waals surface area contributed by atoms with Crippen LogP contribution in [-0.2, 0) is 12.8 Å². The molecule has 0 saturated carbocycles. The molecule has 1 unspecified atom stereocenters. The van der Waals surface area contributed by atoms with Gasteiger partial charge < -0.3 is 10.7 Å². The van der Waals surface area contributed by atoms with E-state index in [0.29, 0.717) is 12.0 Å². The number of benzene rings is 1. The minimum atomic E-state index is 0.333. The molecule has 0 aliphatic heterocycles. The van der Waals surface area contributed by atoms with E-state index in [4.69, 9.17) is 5.73 Å². The molecule has 90 valence electrons. The van der Waals surface area contributed by atoms with E-state index in [9.17, 15) is 0 Å². The third-order valence-electron chi connectivity index (χ3n) is 3.92. The highest BCUT2D eigenvalue weighted by Gasteiger charge is 2.20. The molecule has 0 fully saturated rings. The number of aromatic nitrogens is 1.